The van der Waals surface area contributed by atoms with Crippen molar-refractivity contribution < 1.29 is 0 Å². The van der Waals surface area contributed by atoms with Crippen LogP contribution in [0, 0.1) is 5.41 Å². The summed E-state index contributed by atoms with van der Waals surface area (Å²) in [4.78, 5) is 6.84. The van der Waals surface area contributed by atoms with Gasteiger partial charge in [0, 0.05) is 11.9 Å². The topological polar surface area (TPSA) is 15.6 Å². The minimum atomic E-state index is 0.250. The van der Waals surface area contributed by atoms with E-state index in [4.69, 9.17) is 0 Å². The lowest BCUT2D eigenvalue weighted by Gasteiger charge is -2.31. The number of hydrogen-bond acceptors (Lipinski definition) is 2. The highest BCUT2D eigenvalue weighted by Gasteiger charge is 2.20. The van der Waals surface area contributed by atoms with Crippen molar-refractivity contribution >= 4 is 28.5 Å². The summed E-state index contributed by atoms with van der Waals surface area (Å²) in [6.07, 6.45) is 1.96. The first-order chi connectivity index (χ1) is 8.54. The molecule has 0 saturated carbocycles. The number of aliphatic imine (C=N–C) groups is 1. The molecule has 0 aliphatic carbocycles. The molecule has 1 aliphatic rings. The van der Waals surface area contributed by atoms with Gasteiger partial charge in [-0.2, -0.15) is 0 Å². The molecular weight excluding hydrogens is 220 g/mol. The summed E-state index contributed by atoms with van der Waals surface area (Å²) in [6.45, 7) is 7.73. The molecule has 18 heavy (non-hydrogen) atoms. The van der Waals surface area contributed by atoms with E-state index in [0.29, 0.717) is 0 Å². The SMILES string of the molecule is CC(C)(C)CN1C=Nc2cccc3cccc1c23. The van der Waals surface area contributed by atoms with Gasteiger partial charge in [-0.1, -0.05) is 45.0 Å². The Hall–Kier alpha value is -1.83. The lowest BCUT2D eigenvalue weighted by molar-refractivity contribution is 0.428. The van der Waals surface area contributed by atoms with Gasteiger partial charge in [0.2, 0.25) is 0 Å². The predicted molar refractivity (Wildman–Crippen MR) is 78.9 cm³/mol. The van der Waals surface area contributed by atoms with Gasteiger partial charge < -0.3 is 4.90 Å². The minimum Gasteiger partial charge on any atom is -0.331 e. The van der Waals surface area contributed by atoms with Crippen LogP contribution in [0.1, 0.15) is 20.8 Å². The molecule has 0 unspecified atom stereocenters. The summed E-state index contributed by atoms with van der Waals surface area (Å²) in [7, 11) is 0. The zero-order valence-electron chi connectivity index (χ0n) is 11.1. The second-order valence-electron chi connectivity index (χ2n) is 6.09. The van der Waals surface area contributed by atoms with Crippen LogP contribution < -0.4 is 4.90 Å². The van der Waals surface area contributed by atoms with Crippen molar-refractivity contribution in [2.75, 3.05) is 11.4 Å². The van der Waals surface area contributed by atoms with E-state index < -0.39 is 0 Å². The maximum atomic E-state index is 4.58. The van der Waals surface area contributed by atoms with Gasteiger partial charge >= 0.3 is 0 Å². The van der Waals surface area contributed by atoms with Gasteiger partial charge in [0.15, 0.2) is 0 Å². The highest BCUT2D eigenvalue weighted by molar-refractivity contribution is 6.09. The molecule has 0 bridgehead atoms. The first kappa shape index (κ1) is 11.3. The van der Waals surface area contributed by atoms with Crippen LogP contribution in [-0.2, 0) is 0 Å². The molecular formula is C16H18N2. The van der Waals surface area contributed by atoms with Crippen LogP contribution >= 0.6 is 0 Å². The molecule has 1 aliphatic heterocycles. The summed E-state index contributed by atoms with van der Waals surface area (Å²) in [6, 6.07) is 12.8. The van der Waals surface area contributed by atoms with Gasteiger partial charge in [0.1, 0.15) is 0 Å². The first-order valence-corrected chi connectivity index (χ1v) is 6.37. The molecule has 0 amide bonds. The summed E-state index contributed by atoms with van der Waals surface area (Å²) in [5, 5.41) is 2.53. The number of benzene rings is 2. The van der Waals surface area contributed by atoms with E-state index in [1.807, 2.05) is 6.34 Å². The summed E-state index contributed by atoms with van der Waals surface area (Å²) >= 11 is 0. The summed E-state index contributed by atoms with van der Waals surface area (Å²) < 4.78 is 0. The van der Waals surface area contributed by atoms with E-state index >= 15 is 0 Å². The van der Waals surface area contributed by atoms with Gasteiger partial charge in [0.05, 0.1) is 17.7 Å². The Balaban J connectivity index is 2.16. The molecule has 0 N–H and O–H groups in total. The third-order valence-electron chi connectivity index (χ3n) is 3.15. The van der Waals surface area contributed by atoms with Crippen molar-refractivity contribution in [1.82, 2.24) is 0 Å². The maximum absolute atomic E-state index is 4.58. The van der Waals surface area contributed by atoms with Crippen LogP contribution in [0.15, 0.2) is 41.4 Å². The van der Waals surface area contributed by atoms with Crippen molar-refractivity contribution in [1.29, 1.82) is 0 Å². The van der Waals surface area contributed by atoms with Crippen LogP contribution in [-0.4, -0.2) is 12.9 Å². The minimum absolute atomic E-state index is 0.250. The Morgan fingerprint density at radius 3 is 2.50 bits per heavy atom. The predicted octanol–water partition coefficient (Wildman–Crippen LogP) is 4.37. The molecule has 2 heteroatoms. The second-order valence-corrected chi connectivity index (χ2v) is 6.09. The van der Waals surface area contributed by atoms with E-state index in [9.17, 15) is 0 Å². The number of nitrogens with zero attached hydrogens (tertiary/aromatic N) is 2. The van der Waals surface area contributed by atoms with Crippen molar-refractivity contribution in [2.45, 2.75) is 20.8 Å². The van der Waals surface area contributed by atoms with Crippen molar-refractivity contribution in [2.24, 2.45) is 10.4 Å². The van der Waals surface area contributed by atoms with E-state index in [1.54, 1.807) is 0 Å². The van der Waals surface area contributed by atoms with Crippen LogP contribution in [0.4, 0.5) is 11.4 Å². The van der Waals surface area contributed by atoms with Gasteiger partial charge in [0.25, 0.3) is 0 Å². The molecule has 92 valence electrons. The van der Waals surface area contributed by atoms with Crippen LogP contribution in [0.25, 0.3) is 10.8 Å². The third-order valence-corrected chi connectivity index (χ3v) is 3.15. The Morgan fingerprint density at radius 1 is 1.06 bits per heavy atom. The molecule has 3 rings (SSSR count). The van der Waals surface area contributed by atoms with E-state index in [1.165, 1.54) is 16.5 Å². The number of anilines is 1. The van der Waals surface area contributed by atoms with Gasteiger partial charge in [-0.25, -0.2) is 4.99 Å². The zero-order chi connectivity index (χ0) is 12.8. The molecule has 0 atom stereocenters. The van der Waals surface area contributed by atoms with E-state index in [2.05, 4.69) is 67.1 Å². The first-order valence-electron chi connectivity index (χ1n) is 6.37. The second kappa shape index (κ2) is 3.84. The molecule has 0 aromatic heterocycles. The quantitative estimate of drug-likeness (QED) is 0.720. The van der Waals surface area contributed by atoms with Gasteiger partial charge in [-0.3, -0.25) is 0 Å². The van der Waals surface area contributed by atoms with Crippen molar-refractivity contribution in [3.63, 3.8) is 0 Å². The van der Waals surface area contributed by atoms with E-state index in [-0.39, 0.29) is 5.41 Å². The van der Waals surface area contributed by atoms with Gasteiger partial charge in [-0.05, 0) is 22.9 Å². The fourth-order valence-electron chi connectivity index (χ4n) is 2.48. The lowest BCUT2D eigenvalue weighted by Crippen LogP contribution is -2.32. The molecule has 2 aromatic carbocycles. The number of rotatable bonds is 1. The van der Waals surface area contributed by atoms with Crippen molar-refractivity contribution in [3.05, 3.63) is 36.4 Å². The number of hydrogen-bond donors (Lipinski definition) is 0. The Morgan fingerprint density at radius 2 is 1.78 bits per heavy atom. The average Bonchev–Trinajstić information content (AvgIpc) is 2.32. The maximum Gasteiger partial charge on any atom is 0.0957 e. The fraction of sp³-hybridized carbons (Fsp3) is 0.312. The van der Waals surface area contributed by atoms with Crippen LogP contribution in [0.5, 0.6) is 0 Å². The molecule has 0 radical (unpaired) electrons. The monoisotopic (exact) mass is 238 g/mol. The summed E-state index contributed by atoms with van der Waals surface area (Å²) in [5.74, 6) is 0. The van der Waals surface area contributed by atoms with Crippen molar-refractivity contribution in [3.8, 4) is 0 Å². The van der Waals surface area contributed by atoms with E-state index in [0.717, 1.165) is 12.2 Å². The summed E-state index contributed by atoms with van der Waals surface area (Å²) in [5.41, 5.74) is 2.60. The van der Waals surface area contributed by atoms with Crippen LogP contribution in [0.2, 0.25) is 0 Å². The fourth-order valence-corrected chi connectivity index (χ4v) is 2.48. The average molecular weight is 238 g/mol. The molecule has 0 fully saturated rings. The van der Waals surface area contributed by atoms with Crippen LogP contribution in [0.3, 0.4) is 0 Å². The Kier molecular flexibility index (Phi) is 2.40. The molecule has 2 nitrogen and oxygen atoms in total. The Bertz CT molecular complexity index is 615. The Labute approximate surface area is 108 Å². The smallest absolute Gasteiger partial charge is 0.0957 e. The standard InChI is InChI=1S/C16H18N2/c1-16(2,3)10-18-11-17-13-8-4-6-12-7-5-9-14(18)15(12)13/h4-9,11H,10H2,1-3H3. The lowest BCUT2D eigenvalue weighted by atomic mass is 9.95. The molecule has 2 aromatic rings. The molecule has 0 saturated heterocycles. The molecule has 0 spiro atoms. The normalized spacial score (nSPS) is 14.3. The molecule has 1 heterocycles. The highest BCUT2D eigenvalue weighted by Crippen LogP contribution is 2.37. The zero-order valence-corrected chi connectivity index (χ0v) is 11.1. The highest BCUT2D eigenvalue weighted by atomic mass is 15.2. The van der Waals surface area contributed by atoms with Gasteiger partial charge in [-0.15, -0.1) is 0 Å². The largest absolute Gasteiger partial charge is 0.331 e. The third kappa shape index (κ3) is 1.88.